The first-order valence-corrected chi connectivity index (χ1v) is 17.6. The molecule has 1 fully saturated rings. The second kappa shape index (κ2) is 17.7. The van der Waals surface area contributed by atoms with Crippen LogP contribution in [0.15, 0.2) is 17.1 Å². The van der Waals surface area contributed by atoms with Crippen LogP contribution in [-0.4, -0.2) is 60.6 Å². The zero-order valence-electron chi connectivity index (χ0n) is 23.4. The monoisotopic (exact) mass is 611 g/mol. The second-order valence-electron chi connectivity index (χ2n) is 10.4. The van der Waals surface area contributed by atoms with Crippen LogP contribution in [0.4, 0.5) is 5.82 Å². The molecule has 15 heteroatoms. The van der Waals surface area contributed by atoms with Gasteiger partial charge in [0.2, 0.25) is 0 Å². The summed E-state index contributed by atoms with van der Waals surface area (Å²) in [5.74, 6) is -0.0462. The fraction of sp³-hybridized carbons (Fsp3) is 0.840. The van der Waals surface area contributed by atoms with Gasteiger partial charge in [-0.2, -0.15) is 4.98 Å². The van der Waals surface area contributed by atoms with Crippen LogP contribution in [0.1, 0.15) is 103 Å². The van der Waals surface area contributed by atoms with Crippen molar-refractivity contribution in [3.05, 3.63) is 22.7 Å². The van der Waals surface area contributed by atoms with E-state index in [2.05, 4.69) is 16.2 Å². The first-order chi connectivity index (χ1) is 19.0. The predicted molar refractivity (Wildman–Crippen MR) is 151 cm³/mol. The molecular formula is C25H47N3O10P2. The highest BCUT2D eigenvalue weighted by Gasteiger charge is 2.45. The van der Waals surface area contributed by atoms with Crippen molar-refractivity contribution in [2.24, 2.45) is 0 Å². The SMILES string of the molecule is CCCCCCCCCCCCCCCCP(=O)(O)OP(=O)(O)OC[C@H]1O[C@@H](n2ccc(N)nc2=O)[C@H](O)[C@@H]1O. The van der Waals surface area contributed by atoms with Gasteiger partial charge in [0.05, 0.1) is 12.8 Å². The molecule has 232 valence electrons. The minimum absolute atomic E-state index is 0.0462. The molecule has 0 radical (unpaired) electrons. The van der Waals surface area contributed by atoms with Crippen molar-refractivity contribution in [2.45, 2.75) is 121 Å². The molecule has 0 bridgehead atoms. The van der Waals surface area contributed by atoms with Crippen LogP contribution < -0.4 is 11.4 Å². The second-order valence-corrected chi connectivity index (χ2v) is 14.0. The number of nitrogens with two attached hydrogens (primary N) is 1. The third-order valence-electron chi connectivity index (χ3n) is 6.89. The van der Waals surface area contributed by atoms with E-state index in [0.29, 0.717) is 12.8 Å². The number of phosphoric ester groups is 1. The summed E-state index contributed by atoms with van der Waals surface area (Å²) in [4.78, 5) is 35.5. The number of ether oxygens (including phenoxy) is 1. The molecule has 2 rings (SSSR count). The minimum Gasteiger partial charge on any atom is -0.387 e. The number of rotatable bonds is 21. The molecule has 1 aliphatic heterocycles. The number of aliphatic hydroxyl groups excluding tert-OH is 2. The van der Waals surface area contributed by atoms with E-state index in [-0.39, 0.29) is 12.0 Å². The number of aromatic nitrogens is 2. The van der Waals surface area contributed by atoms with Gasteiger partial charge < -0.3 is 30.5 Å². The van der Waals surface area contributed by atoms with Crippen molar-refractivity contribution in [3.63, 3.8) is 0 Å². The van der Waals surface area contributed by atoms with E-state index >= 15 is 0 Å². The van der Waals surface area contributed by atoms with Crippen LogP contribution in [0.3, 0.4) is 0 Å². The van der Waals surface area contributed by atoms with Crippen molar-refractivity contribution >= 4 is 21.2 Å². The van der Waals surface area contributed by atoms with E-state index in [1.807, 2.05) is 0 Å². The van der Waals surface area contributed by atoms with Gasteiger partial charge in [0.1, 0.15) is 24.1 Å². The Bertz CT molecular complexity index is 1030. The highest BCUT2D eigenvalue weighted by Crippen LogP contribution is 2.60. The smallest absolute Gasteiger partial charge is 0.387 e. The number of hydrogen-bond acceptors (Lipinski definition) is 10. The van der Waals surface area contributed by atoms with E-state index in [4.69, 9.17) is 15.0 Å². The van der Waals surface area contributed by atoms with Gasteiger partial charge >= 0.3 is 21.1 Å². The first-order valence-electron chi connectivity index (χ1n) is 14.3. The first kappa shape index (κ1) is 35.1. The molecule has 0 spiro atoms. The Hall–Kier alpha value is -1.14. The van der Waals surface area contributed by atoms with Crippen LogP contribution >= 0.6 is 15.4 Å². The van der Waals surface area contributed by atoms with Crippen molar-refractivity contribution < 1.29 is 42.7 Å². The maximum absolute atomic E-state index is 12.3. The van der Waals surface area contributed by atoms with Gasteiger partial charge in [-0.15, -0.1) is 0 Å². The molecule has 6 N–H and O–H groups in total. The average molecular weight is 612 g/mol. The molecule has 1 aliphatic rings. The van der Waals surface area contributed by atoms with Crippen LogP contribution in [0, 0.1) is 0 Å². The molecule has 6 atom stereocenters. The van der Waals surface area contributed by atoms with Gasteiger partial charge in [0.25, 0.3) is 0 Å². The van der Waals surface area contributed by atoms with Crippen LogP contribution in [0.25, 0.3) is 0 Å². The third-order valence-corrected chi connectivity index (χ3v) is 10.1. The van der Waals surface area contributed by atoms with Crippen molar-refractivity contribution in [1.29, 1.82) is 0 Å². The highest BCUT2D eigenvalue weighted by molar-refractivity contribution is 7.64. The standard InChI is InChI=1S/C25H47N3O10P2/c1-2-3-4-5-6-7-8-9-10-11-12-13-14-15-18-39(32,33)38-40(34,35)36-19-20-22(29)23(30)24(37-20)28-17-16-21(26)27-25(28)31/h16-17,20,22-24,29-30H,2-15,18-19H2,1H3,(H,32,33)(H,34,35)(H2,26,27,31)/t20-,22-,23-,24-/m1/s1. The number of hydrogen-bond donors (Lipinski definition) is 5. The Kier molecular flexibility index (Phi) is 15.5. The zero-order chi connectivity index (χ0) is 29.6. The number of nitrogens with zero attached hydrogens (tertiary/aromatic N) is 2. The highest BCUT2D eigenvalue weighted by atomic mass is 31.3. The molecule has 1 aromatic rings. The van der Waals surface area contributed by atoms with E-state index < -0.39 is 52.3 Å². The number of anilines is 1. The molecule has 0 aromatic carbocycles. The molecule has 40 heavy (non-hydrogen) atoms. The summed E-state index contributed by atoms with van der Waals surface area (Å²) in [7, 11) is -9.41. The Morgan fingerprint density at radius 1 is 0.925 bits per heavy atom. The maximum Gasteiger partial charge on any atom is 0.479 e. The lowest BCUT2D eigenvalue weighted by Gasteiger charge is -2.19. The van der Waals surface area contributed by atoms with Gasteiger partial charge in [-0.1, -0.05) is 90.4 Å². The molecule has 0 amide bonds. The van der Waals surface area contributed by atoms with Gasteiger partial charge in [-0.25, -0.2) is 13.7 Å². The van der Waals surface area contributed by atoms with Crippen LogP contribution in [-0.2, 0) is 22.7 Å². The number of phosphoric acid groups is 1. The van der Waals surface area contributed by atoms with E-state index in [0.717, 1.165) is 23.8 Å². The fourth-order valence-electron chi connectivity index (χ4n) is 4.62. The largest absolute Gasteiger partial charge is 0.479 e. The lowest BCUT2D eigenvalue weighted by atomic mass is 10.0. The molecule has 1 saturated heterocycles. The molecular weight excluding hydrogens is 564 g/mol. The van der Waals surface area contributed by atoms with Gasteiger partial charge in [-0.3, -0.25) is 13.7 Å². The Balaban J connectivity index is 1.62. The normalized spacial score (nSPS) is 24.1. The fourth-order valence-corrected chi connectivity index (χ4v) is 7.38. The van der Waals surface area contributed by atoms with Gasteiger partial charge in [-0.05, 0) is 12.5 Å². The summed E-state index contributed by atoms with van der Waals surface area (Å²) < 4.78 is 40.2. The van der Waals surface area contributed by atoms with Gasteiger partial charge in [0.15, 0.2) is 6.23 Å². The predicted octanol–water partition coefficient (Wildman–Crippen LogP) is 4.25. The summed E-state index contributed by atoms with van der Waals surface area (Å²) in [6.07, 6.45) is 10.7. The Labute approximate surface area is 236 Å². The summed E-state index contributed by atoms with van der Waals surface area (Å²) in [5.41, 5.74) is 4.60. The summed E-state index contributed by atoms with van der Waals surface area (Å²) >= 11 is 0. The van der Waals surface area contributed by atoms with Crippen molar-refractivity contribution in [1.82, 2.24) is 9.55 Å². The van der Waals surface area contributed by atoms with Crippen LogP contribution in [0.2, 0.25) is 0 Å². The molecule has 2 heterocycles. The summed E-state index contributed by atoms with van der Waals surface area (Å²) in [6, 6.07) is 1.29. The molecule has 13 nitrogen and oxygen atoms in total. The molecule has 1 aromatic heterocycles. The van der Waals surface area contributed by atoms with E-state index in [1.165, 1.54) is 70.1 Å². The van der Waals surface area contributed by atoms with Crippen molar-refractivity contribution in [3.8, 4) is 0 Å². The summed E-state index contributed by atoms with van der Waals surface area (Å²) in [6.45, 7) is 1.47. The molecule has 0 saturated carbocycles. The van der Waals surface area contributed by atoms with Crippen molar-refractivity contribution in [2.75, 3.05) is 18.5 Å². The quantitative estimate of drug-likeness (QED) is 0.0978. The number of nitrogen functional groups attached to an aromatic ring is 1. The summed E-state index contributed by atoms with van der Waals surface area (Å²) in [5, 5.41) is 20.5. The topological polar surface area (TPSA) is 204 Å². The van der Waals surface area contributed by atoms with Gasteiger partial charge in [0, 0.05) is 6.20 Å². The number of unbranched alkanes of at least 4 members (excludes halogenated alkanes) is 13. The third kappa shape index (κ3) is 12.8. The number of aliphatic hydroxyl groups is 2. The maximum atomic E-state index is 12.3. The molecule has 0 aliphatic carbocycles. The minimum atomic E-state index is -4.99. The lowest BCUT2D eigenvalue weighted by Crippen LogP contribution is -2.36. The zero-order valence-corrected chi connectivity index (χ0v) is 25.2. The molecule has 2 unspecified atom stereocenters. The van der Waals surface area contributed by atoms with E-state index in [9.17, 15) is 33.9 Å². The van der Waals surface area contributed by atoms with Crippen LogP contribution in [0.5, 0.6) is 0 Å². The van der Waals surface area contributed by atoms with E-state index in [1.54, 1.807) is 0 Å². The average Bonchev–Trinajstić information content (AvgIpc) is 3.15. The lowest BCUT2D eigenvalue weighted by molar-refractivity contribution is -0.0540. The Morgan fingerprint density at radius 3 is 1.98 bits per heavy atom. The Morgan fingerprint density at radius 2 is 1.45 bits per heavy atom.